The second kappa shape index (κ2) is 8.13. The summed E-state index contributed by atoms with van der Waals surface area (Å²) < 4.78 is 0. The maximum absolute atomic E-state index is 3.61. The van der Waals surface area contributed by atoms with Gasteiger partial charge in [-0.15, -0.1) is 0 Å². The van der Waals surface area contributed by atoms with E-state index in [1.54, 1.807) is 0 Å². The molecular weight excluding hydrogens is 474 g/mol. The van der Waals surface area contributed by atoms with Gasteiger partial charge in [0.2, 0.25) is 0 Å². The van der Waals surface area contributed by atoms with Crippen LogP contribution in [0.4, 0.5) is 11.4 Å². The number of para-hydroxylation sites is 2. The highest BCUT2D eigenvalue weighted by molar-refractivity contribution is 9.09. The number of anilines is 2. The van der Waals surface area contributed by atoms with Crippen LogP contribution in [0.1, 0.15) is 35.1 Å². The molecule has 0 aliphatic carbocycles. The number of unbranched alkanes of at least 4 members (excludes halogenated alkanes) is 1. The smallest absolute Gasteiger partial charge is 0.0763 e. The first-order valence-electron chi connectivity index (χ1n) is 11.2. The Kier molecular flexibility index (Phi) is 5.12. The van der Waals surface area contributed by atoms with Gasteiger partial charge in [-0.05, 0) is 59.4 Å². The van der Waals surface area contributed by atoms with E-state index >= 15 is 0 Å². The predicted molar refractivity (Wildman–Crippen MR) is 139 cm³/mol. The van der Waals surface area contributed by atoms with Gasteiger partial charge in [-0.2, -0.15) is 0 Å². The van der Waals surface area contributed by atoms with Crippen molar-refractivity contribution in [2.75, 3.05) is 16.8 Å². The topological polar surface area (TPSA) is 3.24 Å². The van der Waals surface area contributed by atoms with Crippen molar-refractivity contribution in [3.63, 3.8) is 0 Å². The number of fused-ring (bicyclic) bond motifs is 8. The van der Waals surface area contributed by atoms with Gasteiger partial charge in [-0.3, -0.25) is 0 Å². The van der Waals surface area contributed by atoms with Crippen molar-refractivity contribution in [2.45, 2.75) is 28.0 Å². The molecule has 2 aliphatic rings. The molecule has 6 rings (SSSR count). The third kappa shape index (κ3) is 2.84. The molecule has 0 unspecified atom stereocenters. The van der Waals surface area contributed by atoms with Crippen molar-refractivity contribution in [3.05, 3.63) is 119 Å². The van der Waals surface area contributed by atoms with Crippen molar-refractivity contribution < 1.29 is 0 Å². The van der Waals surface area contributed by atoms with Gasteiger partial charge >= 0.3 is 0 Å². The molecule has 4 aromatic rings. The van der Waals surface area contributed by atoms with Crippen LogP contribution in [-0.4, -0.2) is 11.9 Å². The monoisotopic (exact) mass is 497 g/mol. The minimum atomic E-state index is -0.308. The zero-order valence-corrected chi connectivity index (χ0v) is 20.2. The van der Waals surface area contributed by atoms with Crippen LogP contribution in [-0.2, 0) is 5.41 Å². The normalized spacial score (nSPS) is 15.0. The molecule has 0 saturated carbocycles. The maximum Gasteiger partial charge on any atom is 0.0763 e. The average molecular weight is 498 g/mol. The Labute approximate surface area is 202 Å². The van der Waals surface area contributed by atoms with E-state index in [4.69, 9.17) is 0 Å². The number of nitrogens with zero attached hydrogens (tertiary/aromatic N) is 1. The van der Waals surface area contributed by atoms with Crippen molar-refractivity contribution in [1.29, 1.82) is 0 Å². The Bertz CT molecular complexity index is 1200. The lowest BCUT2D eigenvalue weighted by Gasteiger charge is -2.49. The second-order valence-corrected chi connectivity index (χ2v) is 10.3. The summed E-state index contributed by atoms with van der Waals surface area (Å²) in [6.07, 6.45) is 2.33. The van der Waals surface area contributed by atoms with E-state index in [0.717, 1.165) is 18.3 Å². The Morgan fingerprint density at radius 3 is 1.59 bits per heavy atom. The quantitative estimate of drug-likeness (QED) is 0.182. The first-order chi connectivity index (χ1) is 15.9. The summed E-state index contributed by atoms with van der Waals surface area (Å²) in [5.74, 6) is 0. The van der Waals surface area contributed by atoms with Gasteiger partial charge < -0.3 is 4.90 Å². The third-order valence-electron chi connectivity index (χ3n) is 6.77. The SMILES string of the molecule is BrCCCCN1c2ccccc2C2(c3ccccc3Sc3ccccc32)c2ccccc21. The lowest BCUT2D eigenvalue weighted by molar-refractivity contribution is 0.674. The van der Waals surface area contributed by atoms with E-state index in [-0.39, 0.29) is 5.41 Å². The van der Waals surface area contributed by atoms with E-state index in [0.29, 0.717) is 0 Å². The van der Waals surface area contributed by atoms with Crippen LogP contribution in [0, 0.1) is 0 Å². The highest BCUT2D eigenvalue weighted by Crippen LogP contribution is 2.61. The van der Waals surface area contributed by atoms with Crippen molar-refractivity contribution in [3.8, 4) is 0 Å². The summed E-state index contributed by atoms with van der Waals surface area (Å²) >= 11 is 5.51. The molecule has 2 heterocycles. The lowest BCUT2D eigenvalue weighted by Crippen LogP contribution is -2.41. The molecule has 2 aliphatic heterocycles. The van der Waals surface area contributed by atoms with E-state index < -0.39 is 0 Å². The first kappa shape index (κ1) is 20.1. The Balaban J connectivity index is 1.72. The summed E-state index contributed by atoms with van der Waals surface area (Å²) in [6.45, 7) is 1.02. The van der Waals surface area contributed by atoms with Crippen molar-refractivity contribution in [2.24, 2.45) is 0 Å². The molecule has 0 atom stereocenters. The third-order valence-corrected chi connectivity index (χ3v) is 8.48. The van der Waals surface area contributed by atoms with Crippen molar-refractivity contribution >= 4 is 39.1 Å². The van der Waals surface area contributed by atoms with Crippen molar-refractivity contribution in [1.82, 2.24) is 0 Å². The summed E-state index contributed by atoms with van der Waals surface area (Å²) in [4.78, 5) is 5.25. The van der Waals surface area contributed by atoms with Crippen LogP contribution in [0.25, 0.3) is 0 Å². The minimum Gasteiger partial charge on any atom is -0.341 e. The van der Waals surface area contributed by atoms with E-state index in [2.05, 4.69) is 118 Å². The average Bonchev–Trinajstić information content (AvgIpc) is 2.85. The Hall–Kier alpha value is -2.49. The summed E-state index contributed by atoms with van der Waals surface area (Å²) in [5.41, 5.74) is 7.91. The zero-order chi connectivity index (χ0) is 21.5. The van der Waals surface area contributed by atoms with Gasteiger partial charge in [0.15, 0.2) is 0 Å². The van der Waals surface area contributed by atoms with E-state index in [9.17, 15) is 0 Å². The molecule has 3 heteroatoms. The lowest BCUT2D eigenvalue weighted by atomic mass is 9.62. The van der Waals surface area contributed by atoms with Crippen LogP contribution in [0.2, 0.25) is 0 Å². The van der Waals surface area contributed by atoms with Gasteiger partial charge in [0, 0.05) is 33.0 Å². The van der Waals surface area contributed by atoms with Crippen LogP contribution in [0.15, 0.2) is 107 Å². The number of halogens is 1. The number of hydrogen-bond acceptors (Lipinski definition) is 2. The molecule has 1 spiro atoms. The van der Waals surface area contributed by atoms with Gasteiger partial charge in [0.25, 0.3) is 0 Å². The van der Waals surface area contributed by atoms with E-state index in [1.807, 2.05) is 11.8 Å². The molecule has 0 saturated heterocycles. The minimum absolute atomic E-state index is 0.308. The highest BCUT2D eigenvalue weighted by Gasteiger charge is 2.49. The molecular formula is C29H24BrNS. The fourth-order valence-corrected chi connectivity index (χ4v) is 7.10. The molecule has 0 fully saturated rings. The molecule has 32 heavy (non-hydrogen) atoms. The van der Waals surface area contributed by atoms with Gasteiger partial charge in [-0.1, -0.05) is 100 Å². The van der Waals surface area contributed by atoms with Gasteiger partial charge in [0.05, 0.1) is 5.41 Å². The number of benzene rings is 4. The fraction of sp³-hybridized carbons (Fsp3) is 0.172. The summed E-state index contributed by atoms with van der Waals surface area (Å²) in [5, 5.41) is 1.05. The zero-order valence-electron chi connectivity index (χ0n) is 17.8. The molecule has 4 aromatic carbocycles. The standard InChI is InChI=1S/C29H24BrNS/c30-19-9-10-20-31-25-15-5-1-11-21(25)29(22-12-2-6-16-26(22)31)23-13-3-7-17-27(23)32-28-18-8-4-14-24(28)29/h1-8,11-18H,9-10,19-20H2. The van der Waals surface area contributed by atoms with Crippen LogP contribution < -0.4 is 4.90 Å². The number of hydrogen-bond donors (Lipinski definition) is 0. The molecule has 0 amide bonds. The number of alkyl halides is 1. The summed E-state index contributed by atoms with van der Waals surface area (Å²) in [6, 6.07) is 36.1. The van der Waals surface area contributed by atoms with E-state index in [1.165, 1.54) is 49.8 Å². The molecule has 0 bridgehead atoms. The molecule has 1 nitrogen and oxygen atoms in total. The molecule has 0 N–H and O–H groups in total. The van der Waals surface area contributed by atoms with Crippen LogP contribution in [0.5, 0.6) is 0 Å². The molecule has 0 radical (unpaired) electrons. The van der Waals surface area contributed by atoms with Crippen LogP contribution in [0.3, 0.4) is 0 Å². The molecule has 0 aromatic heterocycles. The van der Waals surface area contributed by atoms with Crippen LogP contribution >= 0.6 is 27.7 Å². The second-order valence-electron chi connectivity index (χ2n) is 8.43. The maximum atomic E-state index is 3.61. The summed E-state index contributed by atoms with van der Waals surface area (Å²) in [7, 11) is 0. The van der Waals surface area contributed by atoms with Gasteiger partial charge in [-0.25, -0.2) is 0 Å². The fourth-order valence-electron chi connectivity index (χ4n) is 5.51. The Morgan fingerprint density at radius 1 is 0.594 bits per heavy atom. The van der Waals surface area contributed by atoms with Gasteiger partial charge in [0.1, 0.15) is 0 Å². The Morgan fingerprint density at radius 2 is 1.06 bits per heavy atom. The first-order valence-corrected chi connectivity index (χ1v) is 13.2. The number of rotatable bonds is 4. The molecule has 158 valence electrons. The predicted octanol–water partition coefficient (Wildman–Crippen LogP) is 8.16. The highest BCUT2D eigenvalue weighted by atomic mass is 79.9. The largest absolute Gasteiger partial charge is 0.341 e.